The Kier molecular flexibility index (Phi) is 5.32. The lowest BCUT2D eigenvalue weighted by atomic mass is 9.91. The van der Waals surface area contributed by atoms with Gasteiger partial charge in [-0.15, -0.1) is 0 Å². The van der Waals surface area contributed by atoms with E-state index in [-0.39, 0.29) is 11.9 Å². The Morgan fingerprint density at radius 1 is 1.57 bits per heavy atom. The van der Waals surface area contributed by atoms with Gasteiger partial charge >= 0.3 is 0 Å². The quantitative estimate of drug-likeness (QED) is 0.880. The second kappa shape index (κ2) is 7.21. The normalized spacial score (nSPS) is 22.5. The fraction of sp³-hybridized carbons (Fsp3) is 0.500. The Morgan fingerprint density at radius 2 is 2.38 bits per heavy atom. The van der Waals surface area contributed by atoms with Crippen molar-refractivity contribution in [2.24, 2.45) is 11.7 Å². The van der Waals surface area contributed by atoms with Gasteiger partial charge in [0.2, 0.25) is 5.91 Å². The summed E-state index contributed by atoms with van der Waals surface area (Å²) in [5, 5.41) is 11.7. The number of likely N-dealkylation sites (tertiary alicyclic amines) is 1. The lowest BCUT2D eigenvalue weighted by Crippen LogP contribution is -2.48. The van der Waals surface area contributed by atoms with E-state index in [4.69, 9.17) is 11.0 Å². The number of carbonyl (C=O) groups is 1. The van der Waals surface area contributed by atoms with Gasteiger partial charge in [0.15, 0.2) is 0 Å². The van der Waals surface area contributed by atoms with Crippen LogP contribution in [0, 0.1) is 17.2 Å². The average Bonchev–Trinajstić information content (AvgIpc) is 2.49. The van der Waals surface area contributed by atoms with E-state index in [9.17, 15) is 4.79 Å². The number of carbonyl (C=O) groups excluding carboxylic acids is 1. The first-order valence-electron chi connectivity index (χ1n) is 7.40. The summed E-state index contributed by atoms with van der Waals surface area (Å²) in [6.45, 7) is 4.26. The summed E-state index contributed by atoms with van der Waals surface area (Å²) < 4.78 is 0. The van der Waals surface area contributed by atoms with Crippen molar-refractivity contribution in [2.75, 3.05) is 25.0 Å². The minimum atomic E-state index is -0.0459. The molecule has 1 aliphatic heterocycles. The molecule has 0 radical (unpaired) electrons. The number of hydrogen-bond donors (Lipinski definition) is 2. The van der Waals surface area contributed by atoms with Crippen LogP contribution in [0.3, 0.4) is 0 Å². The van der Waals surface area contributed by atoms with Crippen LogP contribution in [0.1, 0.15) is 25.3 Å². The van der Waals surface area contributed by atoms with Gasteiger partial charge in [-0.1, -0.05) is 19.4 Å². The highest BCUT2D eigenvalue weighted by Gasteiger charge is 2.26. The monoisotopic (exact) mass is 286 g/mol. The van der Waals surface area contributed by atoms with E-state index >= 15 is 0 Å². The van der Waals surface area contributed by atoms with E-state index in [1.807, 2.05) is 0 Å². The largest absolute Gasteiger partial charge is 0.327 e. The van der Waals surface area contributed by atoms with E-state index in [0.29, 0.717) is 23.7 Å². The third-order valence-electron chi connectivity index (χ3n) is 4.04. The van der Waals surface area contributed by atoms with Gasteiger partial charge < -0.3 is 11.1 Å². The van der Waals surface area contributed by atoms with E-state index in [1.54, 1.807) is 24.3 Å². The number of nitrogens with zero attached hydrogens (tertiary/aromatic N) is 2. The Labute approximate surface area is 125 Å². The zero-order valence-corrected chi connectivity index (χ0v) is 12.4. The summed E-state index contributed by atoms with van der Waals surface area (Å²) >= 11 is 0. The van der Waals surface area contributed by atoms with Crippen molar-refractivity contribution in [3.63, 3.8) is 0 Å². The molecule has 0 aromatic heterocycles. The van der Waals surface area contributed by atoms with Gasteiger partial charge in [-0.25, -0.2) is 0 Å². The van der Waals surface area contributed by atoms with Gasteiger partial charge in [0, 0.05) is 24.8 Å². The number of anilines is 1. The molecule has 0 saturated carbocycles. The Balaban J connectivity index is 1.88. The van der Waals surface area contributed by atoms with Crippen LogP contribution in [-0.2, 0) is 4.79 Å². The highest BCUT2D eigenvalue weighted by Crippen LogP contribution is 2.18. The third kappa shape index (κ3) is 4.28. The topological polar surface area (TPSA) is 82.2 Å². The number of nitrogens with two attached hydrogens (primary N) is 1. The summed E-state index contributed by atoms with van der Waals surface area (Å²) in [5.41, 5.74) is 7.29. The maximum absolute atomic E-state index is 12.1. The van der Waals surface area contributed by atoms with Gasteiger partial charge in [0.05, 0.1) is 18.2 Å². The molecule has 2 rings (SSSR count). The van der Waals surface area contributed by atoms with Crippen LogP contribution in [0.25, 0.3) is 0 Å². The zero-order chi connectivity index (χ0) is 15.2. The predicted octanol–water partition coefficient (Wildman–Crippen LogP) is 1.56. The molecule has 1 aromatic carbocycles. The van der Waals surface area contributed by atoms with Crippen LogP contribution >= 0.6 is 0 Å². The highest BCUT2D eigenvalue weighted by atomic mass is 16.2. The number of nitrogens with one attached hydrogen (secondary N) is 1. The molecule has 0 spiro atoms. The first kappa shape index (κ1) is 15.5. The minimum absolute atomic E-state index is 0.0459. The highest BCUT2D eigenvalue weighted by molar-refractivity contribution is 5.92. The summed E-state index contributed by atoms with van der Waals surface area (Å²) in [5.74, 6) is 0.420. The van der Waals surface area contributed by atoms with Crippen molar-refractivity contribution in [1.29, 1.82) is 5.26 Å². The zero-order valence-electron chi connectivity index (χ0n) is 12.4. The molecule has 0 bridgehead atoms. The molecule has 1 saturated heterocycles. The second-order valence-corrected chi connectivity index (χ2v) is 5.60. The van der Waals surface area contributed by atoms with Crippen molar-refractivity contribution < 1.29 is 4.79 Å². The maximum Gasteiger partial charge on any atom is 0.238 e. The molecule has 5 heteroatoms. The number of benzene rings is 1. The predicted molar refractivity (Wildman–Crippen MR) is 82.6 cm³/mol. The number of piperidine rings is 1. The number of hydrogen-bond acceptors (Lipinski definition) is 4. The van der Waals surface area contributed by atoms with Crippen LogP contribution in [0.4, 0.5) is 5.69 Å². The lowest BCUT2D eigenvalue weighted by Gasteiger charge is -2.36. The van der Waals surface area contributed by atoms with Crippen molar-refractivity contribution in [3.8, 4) is 6.07 Å². The van der Waals surface area contributed by atoms with Crippen LogP contribution < -0.4 is 11.1 Å². The average molecular weight is 286 g/mol. The molecule has 1 amide bonds. The van der Waals surface area contributed by atoms with E-state index in [2.05, 4.69) is 23.2 Å². The first-order valence-corrected chi connectivity index (χ1v) is 7.40. The van der Waals surface area contributed by atoms with Crippen molar-refractivity contribution in [1.82, 2.24) is 4.90 Å². The van der Waals surface area contributed by atoms with Crippen LogP contribution in [0.2, 0.25) is 0 Å². The summed E-state index contributed by atoms with van der Waals surface area (Å²) in [4.78, 5) is 14.2. The van der Waals surface area contributed by atoms with Crippen molar-refractivity contribution in [3.05, 3.63) is 29.8 Å². The minimum Gasteiger partial charge on any atom is -0.327 e. The SMILES string of the molecule is CCC1CN(CC(=O)Nc2cccc(C#N)c2)CCC1N. The molecule has 112 valence electrons. The van der Waals surface area contributed by atoms with E-state index in [0.717, 1.165) is 25.9 Å². The second-order valence-electron chi connectivity index (χ2n) is 5.60. The summed E-state index contributed by atoms with van der Waals surface area (Å²) in [6.07, 6.45) is 1.99. The standard InChI is InChI=1S/C16H22N4O/c1-2-13-10-20(7-6-15(13)18)11-16(21)19-14-5-3-4-12(8-14)9-17/h3-5,8,13,15H,2,6-7,10-11,18H2,1H3,(H,19,21). The van der Waals surface area contributed by atoms with Crippen molar-refractivity contribution >= 4 is 11.6 Å². The van der Waals surface area contributed by atoms with E-state index in [1.165, 1.54) is 0 Å². The first-order chi connectivity index (χ1) is 10.1. The van der Waals surface area contributed by atoms with Gasteiger partial charge in [-0.3, -0.25) is 9.69 Å². The molecule has 21 heavy (non-hydrogen) atoms. The fourth-order valence-corrected chi connectivity index (χ4v) is 2.77. The molecule has 1 aromatic rings. The smallest absolute Gasteiger partial charge is 0.238 e. The molecule has 5 nitrogen and oxygen atoms in total. The van der Waals surface area contributed by atoms with Crippen LogP contribution in [-0.4, -0.2) is 36.5 Å². The Hall–Kier alpha value is -1.90. The molecule has 2 unspecified atom stereocenters. The number of nitriles is 1. The van der Waals surface area contributed by atoms with Gasteiger partial charge in [-0.2, -0.15) is 5.26 Å². The molecular formula is C16H22N4O. The summed E-state index contributed by atoms with van der Waals surface area (Å²) in [6, 6.07) is 9.27. The molecule has 2 atom stereocenters. The third-order valence-corrected chi connectivity index (χ3v) is 4.04. The lowest BCUT2D eigenvalue weighted by molar-refractivity contribution is -0.117. The molecule has 1 heterocycles. The number of rotatable bonds is 4. The van der Waals surface area contributed by atoms with Gasteiger partial charge in [0.25, 0.3) is 0 Å². The molecule has 0 aliphatic carbocycles. The van der Waals surface area contributed by atoms with Gasteiger partial charge in [-0.05, 0) is 30.5 Å². The van der Waals surface area contributed by atoms with Crippen LogP contribution in [0.5, 0.6) is 0 Å². The van der Waals surface area contributed by atoms with E-state index < -0.39 is 0 Å². The molecular weight excluding hydrogens is 264 g/mol. The Bertz CT molecular complexity index is 537. The Morgan fingerprint density at radius 3 is 3.10 bits per heavy atom. The van der Waals surface area contributed by atoms with Gasteiger partial charge in [0.1, 0.15) is 0 Å². The maximum atomic E-state index is 12.1. The molecule has 1 fully saturated rings. The van der Waals surface area contributed by atoms with Crippen LogP contribution in [0.15, 0.2) is 24.3 Å². The molecule has 3 N–H and O–H groups in total. The number of amides is 1. The summed E-state index contributed by atoms with van der Waals surface area (Å²) in [7, 11) is 0. The fourth-order valence-electron chi connectivity index (χ4n) is 2.77. The van der Waals surface area contributed by atoms with Crippen molar-refractivity contribution in [2.45, 2.75) is 25.8 Å². The molecule has 1 aliphatic rings.